The third kappa shape index (κ3) is 2.36. The minimum Gasteiger partial charge on any atom is -0.355 e. The molecule has 3 rings (SSSR count). The average Bonchev–Trinajstić information content (AvgIpc) is 2.47. The molecule has 1 aliphatic rings. The number of rotatable bonds is 2. The van der Waals surface area contributed by atoms with Gasteiger partial charge in [-0.3, -0.25) is 0 Å². The Kier molecular flexibility index (Phi) is 3.57. The van der Waals surface area contributed by atoms with Gasteiger partial charge in [0.2, 0.25) is 0 Å². The average molecular weight is 270 g/mol. The highest BCUT2D eigenvalue weighted by Gasteiger charge is 2.20. The van der Waals surface area contributed by atoms with Crippen LogP contribution in [-0.4, -0.2) is 23.3 Å². The van der Waals surface area contributed by atoms with Gasteiger partial charge in [-0.15, -0.1) is 5.10 Å². The zero-order chi connectivity index (χ0) is 14.1. The van der Waals surface area contributed by atoms with Gasteiger partial charge in [0.1, 0.15) is 0 Å². The largest absolute Gasteiger partial charge is 0.355 e. The summed E-state index contributed by atoms with van der Waals surface area (Å²) in [7, 11) is 0. The number of nitrogens with two attached hydrogens (primary N) is 1. The third-order valence-corrected chi connectivity index (χ3v) is 4.21. The molecule has 0 radical (unpaired) electrons. The van der Waals surface area contributed by atoms with Gasteiger partial charge in [0.25, 0.3) is 0 Å². The first-order valence-corrected chi connectivity index (χ1v) is 7.42. The van der Waals surface area contributed by atoms with Crippen LogP contribution in [0.25, 0.3) is 10.8 Å². The fraction of sp³-hybridized carbons (Fsp3) is 0.500. The standard InChI is InChI=1S/C16H22N4/c1-11-7-9-20(10-8-11)16-14-6-4-3-5-13(14)15(12(2)17)18-19-16/h3-6,11-12H,7-10,17H2,1-2H3. The molecule has 2 aromatic rings. The first kappa shape index (κ1) is 13.3. The van der Waals surface area contributed by atoms with Crippen molar-refractivity contribution in [3.05, 3.63) is 30.0 Å². The summed E-state index contributed by atoms with van der Waals surface area (Å²) in [5.41, 5.74) is 6.89. The molecule has 0 amide bonds. The fourth-order valence-electron chi connectivity index (χ4n) is 2.90. The van der Waals surface area contributed by atoms with Gasteiger partial charge in [0, 0.05) is 29.9 Å². The maximum absolute atomic E-state index is 6.01. The van der Waals surface area contributed by atoms with E-state index in [-0.39, 0.29) is 6.04 Å². The highest BCUT2D eigenvalue weighted by Crippen LogP contribution is 2.30. The Balaban J connectivity index is 2.06. The molecule has 106 valence electrons. The van der Waals surface area contributed by atoms with E-state index in [0.29, 0.717) is 0 Å². The van der Waals surface area contributed by atoms with Crippen LogP contribution in [0.2, 0.25) is 0 Å². The number of fused-ring (bicyclic) bond motifs is 1. The highest BCUT2D eigenvalue weighted by atomic mass is 15.3. The maximum Gasteiger partial charge on any atom is 0.159 e. The number of benzene rings is 1. The maximum atomic E-state index is 6.01. The van der Waals surface area contributed by atoms with Gasteiger partial charge in [-0.1, -0.05) is 31.2 Å². The number of nitrogens with zero attached hydrogens (tertiary/aromatic N) is 3. The van der Waals surface area contributed by atoms with Gasteiger partial charge >= 0.3 is 0 Å². The second-order valence-corrected chi connectivity index (χ2v) is 5.91. The van der Waals surface area contributed by atoms with Crippen molar-refractivity contribution in [1.82, 2.24) is 10.2 Å². The molecule has 1 atom stereocenters. The highest BCUT2D eigenvalue weighted by molar-refractivity contribution is 5.93. The van der Waals surface area contributed by atoms with Crippen molar-refractivity contribution in [2.45, 2.75) is 32.7 Å². The Bertz CT molecular complexity index is 600. The zero-order valence-electron chi connectivity index (χ0n) is 12.2. The van der Waals surface area contributed by atoms with Gasteiger partial charge in [-0.25, -0.2) is 0 Å². The van der Waals surface area contributed by atoms with Gasteiger partial charge < -0.3 is 10.6 Å². The summed E-state index contributed by atoms with van der Waals surface area (Å²) in [6.07, 6.45) is 2.45. The van der Waals surface area contributed by atoms with E-state index in [4.69, 9.17) is 5.73 Å². The van der Waals surface area contributed by atoms with Crippen molar-refractivity contribution in [2.75, 3.05) is 18.0 Å². The Hall–Kier alpha value is -1.68. The van der Waals surface area contributed by atoms with E-state index in [9.17, 15) is 0 Å². The molecule has 2 N–H and O–H groups in total. The Labute approximate surface area is 120 Å². The number of piperidine rings is 1. The van der Waals surface area contributed by atoms with Crippen molar-refractivity contribution >= 4 is 16.6 Å². The molecule has 0 spiro atoms. The molecular weight excluding hydrogens is 248 g/mol. The zero-order valence-corrected chi connectivity index (χ0v) is 12.2. The molecule has 1 unspecified atom stereocenters. The van der Waals surface area contributed by atoms with Crippen LogP contribution in [0.1, 0.15) is 38.4 Å². The molecule has 0 bridgehead atoms. The van der Waals surface area contributed by atoms with Gasteiger partial charge in [0.15, 0.2) is 5.82 Å². The van der Waals surface area contributed by atoms with Crippen LogP contribution in [0.3, 0.4) is 0 Å². The molecular formula is C16H22N4. The predicted molar refractivity (Wildman–Crippen MR) is 82.8 cm³/mol. The van der Waals surface area contributed by atoms with Gasteiger partial charge in [-0.2, -0.15) is 5.10 Å². The Morgan fingerprint density at radius 1 is 1.15 bits per heavy atom. The minimum atomic E-state index is -0.0946. The fourth-order valence-corrected chi connectivity index (χ4v) is 2.90. The SMILES string of the molecule is CC1CCN(c2nnc(C(C)N)c3ccccc23)CC1. The third-order valence-electron chi connectivity index (χ3n) is 4.21. The summed E-state index contributed by atoms with van der Waals surface area (Å²) in [5.74, 6) is 1.82. The van der Waals surface area contributed by atoms with Gasteiger partial charge in [0.05, 0.1) is 5.69 Å². The first-order chi connectivity index (χ1) is 9.66. The molecule has 4 nitrogen and oxygen atoms in total. The molecule has 1 aromatic heterocycles. The molecule has 1 fully saturated rings. The van der Waals surface area contributed by atoms with E-state index in [0.717, 1.165) is 35.9 Å². The van der Waals surface area contributed by atoms with Crippen molar-refractivity contribution in [3.63, 3.8) is 0 Å². The van der Waals surface area contributed by atoms with Crippen molar-refractivity contribution < 1.29 is 0 Å². The number of anilines is 1. The Morgan fingerprint density at radius 2 is 1.80 bits per heavy atom. The van der Waals surface area contributed by atoms with Crippen LogP contribution in [0.5, 0.6) is 0 Å². The van der Waals surface area contributed by atoms with Crippen LogP contribution in [0.4, 0.5) is 5.82 Å². The van der Waals surface area contributed by atoms with E-state index >= 15 is 0 Å². The van der Waals surface area contributed by atoms with E-state index in [1.807, 2.05) is 13.0 Å². The second kappa shape index (κ2) is 5.37. The molecule has 1 aliphatic heterocycles. The van der Waals surface area contributed by atoms with Crippen molar-refractivity contribution in [1.29, 1.82) is 0 Å². The normalized spacial score (nSPS) is 18.4. The molecule has 4 heteroatoms. The summed E-state index contributed by atoms with van der Waals surface area (Å²) in [4.78, 5) is 2.36. The Morgan fingerprint density at radius 3 is 2.45 bits per heavy atom. The molecule has 1 saturated heterocycles. The monoisotopic (exact) mass is 270 g/mol. The number of aromatic nitrogens is 2. The van der Waals surface area contributed by atoms with Gasteiger partial charge in [-0.05, 0) is 25.7 Å². The molecule has 0 saturated carbocycles. The summed E-state index contributed by atoms with van der Waals surface area (Å²) in [5, 5.41) is 11.2. The topological polar surface area (TPSA) is 55.0 Å². The first-order valence-electron chi connectivity index (χ1n) is 7.42. The predicted octanol–water partition coefficient (Wildman–Crippen LogP) is 2.89. The van der Waals surface area contributed by atoms with Crippen LogP contribution >= 0.6 is 0 Å². The summed E-state index contributed by atoms with van der Waals surface area (Å²) in [6.45, 7) is 6.41. The summed E-state index contributed by atoms with van der Waals surface area (Å²) in [6, 6.07) is 8.23. The van der Waals surface area contributed by atoms with E-state index in [1.54, 1.807) is 0 Å². The lowest BCUT2D eigenvalue weighted by molar-refractivity contribution is 0.436. The van der Waals surface area contributed by atoms with E-state index in [1.165, 1.54) is 18.2 Å². The minimum absolute atomic E-state index is 0.0946. The lowest BCUT2D eigenvalue weighted by Crippen LogP contribution is -2.33. The summed E-state index contributed by atoms with van der Waals surface area (Å²) >= 11 is 0. The smallest absolute Gasteiger partial charge is 0.159 e. The molecule has 2 heterocycles. The van der Waals surface area contributed by atoms with Crippen LogP contribution in [-0.2, 0) is 0 Å². The number of hydrogen-bond acceptors (Lipinski definition) is 4. The quantitative estimate of drug-likeness (QED) is 0.911. The van der Waals surface area contributed by atoms with E-state index in [2.05, 4.69) is 40.2 Å². The summed E-state index contributed by atoms with van der Waals surface area (Å²) < 4.78 is 0. The van der Waals surface area contributed by atoms with Crippen molar-refractivity contribution in [3.8, 4) is 0 Å². The van der Waals surface area contributed by atoms with Crippen LogP contribution < -0.4 is 10.6 Å². The number of hydrogen-bond donors (Lipinski definition) is 1. The van der Waals surface area contributed by atoms with Crippen LogP contribution in [0.15, 0.2) is 24.3 Å². The molecule has 0 aliphatic carbocycles. The van der Waals surface area contributed by atoms with Crippen LogP contribution in [0, 0.1) is 5.92 Å². The second-order valence-electron chi connectivity index (χ2n) is 5.91. The lowest BCUT2D eigenvalue weighted by Gasteiger charge is -2.31. The van der Waals surface area contributed by atoms with Crippen molar-refractivity contribution in [2.24, 2.45) is 11.7 Å². The molecule has 20 heavy (non-hydrogen) atoms. The molecule has 1 aromatic carbocycles. The lowest BCUT2D eigenvalue weighted by atomic mass is 9.98. The van der Waals surface area contributed by atoms with E-state index < -0.39 is 0 Å².